The average Bonchev–Trinajstić information content (AvgIpc) is 2.57. The highest BCUT2D eigenvalue weighted by molar-refractivity contribution is 5.84. The van der Waals surface area contributed by atoms with E-state index < -0.39 is 0 Å². The molecule has 1 aliphatic carbocycles. The largest absolute Gasteiger partial charge is 0.372 e. The zero-order chi connectivity index (χ0) is 8.82. The molecule has 4 heteroatoms. The quantitative estimate of drug-likeness (QED) is 0.572. The standard InChI is InChI=1S/C8H14N2O2/c1-10-6(11)7-2-8(3-7,4-9)12-5-7/h2-5,9H2,1H3,(H,10,11). The molecule has 0 spiro atoms. The zero-order valence-electron chi connectivity index (χ0n) is 7.22. The number of carbonyl (C=O) groups is 1. The zero-order valence-corrected chi connectivity index (χ0v) is 7.22. The van der Waals surface area contributed by atoms with Crippen molar-refractivity contribution in [2.75, 3.05) is 20.2 Å². The maximum absolute atomic E-state index is 11.4. The molecular formula is C8H14N2O2. The molecule has 2 bridgehead atoms. The van der Waals surface area contributed by atoms with Crippen molar-refractivity contribution < 1.29 is 9.53 Å². The summed E-state index contributed by atoms with van der Waals surface area (Å²) in [6, 6.07) is 0. The Balaban J connectivity index is 2.09. The number of hydrogen-bond acceptors (Lipinski definition) is 3. The molecule has 68 valence electrons. The average molecular weight is 170 g/mol. The van der Waals surface area contributed by atoms with Crippen LogP contribution in [0.3, 0.4) is 0 Å². The highest BCUT2D eigenvalue weighted by Gasteiger charge is 2.65. The summed E-state index contributed by atoms with van der Waals surface area (Å²) in [4.78, 5) is 11.4. The predicted octanol–water partition coefficient (Wildman–Crippen LogP) is -0.760. The topological polar surface area (TPSA) is 64.3 Å². The third kappa shape index (κ3) is 0.765. The maximum Gasteiger partial charge on any atom is 0.228 e. The van der Waals surface area contributed by atoms with Crippen molar-refractivity contribution in [2.45, 2.75) is 18.4 Å². The van der Waals surface area contributed by atoms with E-state index in [1.54, 1.807) is 7.05 Å². The van der Waals surface area contributed by atoms with Crippen LogP contribution in [0.2, 0.25) is 0 Å². The second kappa shape index (κ2) is 2.20. The van der Waals surface area contributed by atoms with Crippen LogP contribution in [0.25, 0.3) is 0 Å². The first-order valence-corrected chi connectivity index (χ1v) is 4.23. The van der Waals surface area contributed by atoms with E-state index >= 15 is 0 Å². The van der Waals surface area contributed by atoms with Crippen LogP contribution >= 0.6 is 0 Å². The van der Waals surface area contributed by atoms with Crippen molar-refractivity contribution in [3.63, 3.8) is 0 Å². The van der Waals surface area contributed by atoms with Crippen molar-refractivity contribution >= 4 is 5.91 Å². The predicted molar refractivity (Wildman–Crippen MR) is 43.5 cm³/mol. The first-order valence-electron chi connectivity index (χ1n) is 4.23. The van der Waals surface area contributed by atoms with Gasteiger partial charge >= 0.3 is 0 Å². The Hall–Kier alpha value is -0.610. The van der Waals surface area contributed by atoms with Crippen LogP contribution in [0.4, 0.5) is 0 Å². The van der Waals surface area contributed by atoms with E-state index in [0.717, 1.165) is 12.8 Å². The third-order valence-electron chi connectivity index (χ3n) is 3.06. The molecule has 12 heavy (non-hydrogen) atoms. The van der Waals surface area contributed by atoms with Gasteiger partial charge in [0.2, 0.25) is 5.91 Å². The first kappa shape index (κ1) is 8.01. The lowest BCUT2D eigenvalue weighted by molar-refractivity contribution is -0.134. The van der Waals surface area contributed by atoms with Crippen molar-refractivity contribution in [2.24, 2.45) is 11.1 Å². The van der Waals surface area contributed by atoms with Crippen LogP contribution in [0, 0.1) is 5.41 Å². The van der Waals surface area contributed by atoms with Crippen molar-refractivity contribution in [3.05, 3.63) is 0 Å². The van der Waals surface area contributed by atoms with Crippen LogP contribution < -0.4 is 11.1 Å². The molecule has 0 aromatic carbocycles. The third-order valence-corrected chi connectivity index (χ3v) is 3.06. The van der Waals surface area contributed by atoms with Crippen LogP contribution in [0.15, 0.2) is 0 Å². The Kier molecular flexibility index (Phi) is 1.47. The highest BCUT2D eigenvalue weighted by atomic mass is 16.5. The Bertz CT molecular complexity index is 221. The Morgan fingerprint density at radius 2 is 2.33 bits per heavy atom. The molecule has 0 radical (unpaired) electrons. The summed E-state index contributed by atoms with van der Waals surface area (Å²) in [5.41, 5.74) is 5.15. The summed E-state index contributed by atoms with van der Waals surface area (Å²) in [6.07, 6.45) is 1.60. The Morgan fingerprint density at radius 3 is 2.75 bits per heavy atom. The number of ether oxygens (including phenoxy) is 1. The fraction of sp³-hybridized carbons (Fsp3) is 0.875. The second-order valence-electron chi connectivity index (χ2n) is 3.89. The number of fused-ring (bicyclic) bond motifs is 1. The molecule has 2 heterocycles. The molecule has 4 nitrogen and oxygen atoms in total. The first-order chi connectivity index (χ1) is 5.66. The van der Waals surface area contributed by atoms with E-state index in [2.05, 4.69) is 5.32 Å². The lowest BCUT2D eigenvalue weighted by Crippen LogP contribution is -2.55. The van der Waals surface area contributed by atoms with Gasteiger partial charge in [-0.15, -0.1) is 0 Å². The minimum Gasteiger partial charge on any atom is -0.372 e. The molecule has 1 amide bonds. The van der Waals surface area contributed by atoms with Crippen LogP contribution in [0.5, 0.6) is 0 Å². The smallest absolute Gasteiger partial charge is 0.228 e. The summed E-state index contributed by atoms with van der Waals surface area (Å²) in [5.74, 6) is 0.101. The van der Waals surface area contributed by atoms with Crippen LogP contribution in [-0.2, 0) is 9.53 Å². The van der Waals surface area contributed by atoms with E-state index in [0.29, 0.717) is 13.2 Å². The van der Waals surface area contributed by atoms with Crippen molar-refractivity contribution in [1.29, 1.82) is 0 Å². The molecule has 3 rings (SSSR count). The van der Waals surface area contributed by atoms with E-state index in [1.807, 2.05) is 0 Å². The minimum absolute atomic E-state index is 0.101. The summed E-state index contributed by atoms with van der Waals surface area (Å²) < 4.78 is 5.50. The summed E-state index contributed by atoms with van der Waals surface area (Å²) in [6.45, 7) is 1.08. The molecule has 2 saturated heterocycles. The number of hydrogen-bond donors (Lipinski definition) is 2. The van der Waals surface area contributed by atoms with Crippen LogP contribution in [-0.4, -0.2) is 31.7 Å². The molecule has 0 unspecified atom stereocenters. The van der Waals surface area contributed by atoms with Gasteiger partial charge in [0.25, 0.3) is 0 Å². The summed E-state index contributed by atoms with van der Waals surface area (Å²) in [7, 11) is 1.66. The van der Waals surface area contributed by atoms with Gasteiger partial charge < -0.3 is 15.8 Å². The molecule has 3 N–H and O–H groups in total. The van der Waals surface area contributed by atoms with Gasteiger partial charge in [-0.3, -0.25) is 4.79 Å². The molecule has 2 aliphatic heterocycles. The molecule has 0 atom stereocenters. The Labute approximate surface area is 71.4 Å². The fourth-order valence-electron chi connectivity index (χ4n) is 2.37. The second-order valence-corrected chi connectivity index (χ2v) is 3.89. The highest BCUT2D eigenvalue weighted by Crippen LogP contribution is 2.57. The number of rotatable bonds is 2. The molecule has 1 saturated carbocycles. The molecule has 0 aromatic heterocycles. The number of carbonyl (C=O) groups excluding carboxylic acids is 1. The number of nitrogens with one attached hydrogen (secondary N) is 1. The molecular weight excluding hydrogens is 156 g/mol. The maximum atomic E-state index is 11.4. The van der Waals surface area contributed by atoms with Crippen LogP contribution in [0.1, 0.15) is 12.8 Å². The fourth-order valence-corrected chi connectivity index (χ4v) is 2.37. The Morgan fingerprint density at radius 1 is 1.67 bits per heavy atom. The lowest BCUT2D eigenvalue weighted by Gasteiger charge is -2.42. The molecule has 3 fully saturated rings. The van der Waals surface area contributed by atoms with E-state index in [-0.39, 0.29) is 16.9 Å². The lowest BCUT2D eigenvalue weighted by atomic mass is 9.62. The molecule has 3 aliphatic rings. The number of amides is 1. The summed E-state index contributed by atoms with van der Waals surface area (Å²) in [5, 5.41) is 2.67. The van der Waals surface area contributed by atoms with Gasteiger partial charge in [0.05, 0.1) is 17.6 Å². The van der Waals surface area contributed by atoms with E-state index in [4.69, 9.17) is 10.5 Å². The van der Waals surface area contributed by atoms with E-state index in [1.165, 1.54) is 0 Å². The number of nitrogens with two attached hydrogens (primary N) is 1. The van der Waals surface area contributed by atoms with Crippen molar-refractivity contribution in [1.82, 2.24) is 5.32 Å². The van der Waals surface area contributed by atoms with Gasteiger partial charge in [0, 0.05) is 13.6 Å². The van der Waals surface area contributed by atoms with Gasteiger partial charge in [-0.05, 0) is 12.8 Å². The van der Waals surface area contributed by atoms with E-state index in [9.17, 15) is 4.79 Å². The van der Waals surface area contributed by atoms with Gasteiger partial charge in [-0.2, -0.15) is 0 Å². The van der Waals surface area contributed by atoms with Gasteiger partial charge in [-0.25, -0.2) is 0 Å². The monoisotopic (exact) mass is 170 g/mol. The minimum atomic E-state index is -0.242. The van der Waals surface area contributed by atoms with Gasteiger partial charge in [-0.1, -0.05) is 0 Å². The molecule has 0 aromatic rings. The van der Waals surface area contributed by atoms with Gasteiger partial charge in [0.15, 0.2) is 0 Å². The van der Waals surface area contributed by atoms with Crippen molar-refractivity contribution in [3.8, 4) is 0 Å². The SMILES string of the molecule is CNC(=O)C12COC(CN)(C1)C2. The normalized spacial score (nSPS) is 43.8. The summed E-state index contributed by atoms with van der Waals surface area (Å²) >= 11 is 0. The van der Waals surface area contributed by atoms with Gasteiger partial charge in [0.1, 0.15) is 0 Å².